The molecule has 1 aromatic rings. The molecule has 0 amide bonds. The van der Waals surface area contributed by atoms with Crippen LogP contribution in [-0.4, -0.2) is 27.7 Å². The number of nitrogens with one attached hydrogen (secondary N) is 2. The zero-order valence-electron chi connectivity index (χ0n) is 12.6. The number of rotatable bonds is 5. The third kappa shape index (κ3) is 3.11. The quantitative estimate of drug-likeness (QED) is 0.489. The normalized spacial score (nSPS) is 25.7. The van der Waals surface area contributed by atoms with Crippen LogP contribution in [0.3, 0.4) is 0 Å². The average Bonchev–Trinajstić information content (AvgIpc) is 3.34. The molecule has 2 aliphatic rings. The van der Waals surface area contributed by atoms with Gasteiger partial charge in [-0.05, 0) is 32.6 Å². The van der Waals surface area contributed by atoms with Crippen LogP contribution < -0.4 is 16.6 Å². The highest BCUT2D eigenvalue weighted by atomic mass is 16.3. The SMILES string of the molecule is Cc1c(NN)nc(C2CC2)nc1NC1CCCCC1CO. The topological polar surface area (TPSA) is 96.1 Å². The number of nitrogens with two attached hydrogens (primary N) is 1. The number of hydrogen-bond donors (Lipinski definition) is 4. The second kappa shape index (κ2) is 6.15. The maximum absolute atomic E-state index is 9.56. The van der Waals surface area contributed by atoms with Crippen molar-refractivity contribution in [2.45, 2.75) is 57.4 Å². The van der Waals surface area contributed by atoms with Crippen molar-refractivity contribution >= 4 is 11.6 Å². The number of hydrazine groups is 1. The molecule has 2 aliphatic carbocycles. The molecular weight excluding hydrogens is 266 g/mol. The highest BCUT2D eigenvalue weighted by molar-refractivity contribution is 5.57. The Morgan fingerprint density at radius 2 is 1.86 bits per heavy atom. The van der Waals surface area contributed by atoms with Gasteiger partial charge in [0.15, 0.2) is 0 Å². The van der Waals surface area contributed by atoms with Gasteiger partial charge in [0.1, 0.15) is 17.5 Å². The first-order valence-corrected chi connectivity index (χ1v) is 7.95. The summed E-state index contributed by atoms with van der Waals surface area (Å²) in [6.45, 7) is 2.21. The Morgan fingerprint density at radius 3 is 2.52 bits per heavy atom. The molecule has 6 nitrogen and oxygen atoms in total. The van der Waals surface area contributed by atoms with Gasteiger partial charge in [-0.2, -0.15) is 0 Å². The maximum Gasteiger partial charge on any atom is 0.148 e. The molecule has 3 rings (SSSR count). The van der Waals surface area contributed by atoms with Gasteiger partial charge in [0.05, 0.1) is 0 Å². The lowest BCUT2D eigenvalue weighted by atomic mass is 9.85. The van der Waals surface area contributed by atoms with Gasteiger partial charge < -0.3 is 15.8 Å². The number of nitrogens with zero attached hydrogens (tertiary/aromatic N) is 2. The molecule has 0 bridgehead atoms. The minimum absolute atomic E-state index is 0.235. The first-order chi connectivity index (χ1) is 10.2. The number of nitrogen functional groups attached to an aromatic ring is 1. The van der Waals surface area contributed by atoms with E-state index in [1.54, 1.807) is 0 Å². The number of hydrogen-bond acceptors (Lipinski definition) is 6. The molecule has 2 unspecified atom stereocenters. The largest absolute Gasteiger partial charge is 0.396 e. The Balaban J connectivity index is 1.84. The molecule has 1 heterocycles. The summed E-state index contributed by atoms with van der Waals surface area (Å²) in [6, 6.07) is 0.287. The van der Waals surface area contributed by atoms with Gasteiger partial charge in [-0.3, -0.25) is 0 Å². The van der Waals surface area contributed by atoms with Crippen molar-refractivity contribution in [2.75, 3.05) is 17.3 Å². The van der Waals surface area contributed by atoms with Crippen LogP contribution in [0.25, 0.3) is 0 Å². The lowest BCUT2D eigenvalue weighted by Crippen LogP contribution is -2.35. The molecule has 21 heavy (non-hydrogen) atoms. The van der Waals surface area contributed by atoms with Gasteiger partial charge >= 0.3 is 0 Å². The van der Waals surface area contributed by atoms with E-state index in [1.165, 1.54) is 12.8 Å². The van der Waals surface area contributed by atoms with E-state index in [4.69, 9.17) is 10.8 Å². The summed E-state index contributed by atoms with van der Waals surface area (Å²) in [4.78, 5) is 9.22. The molecule has 0 radical (unpaired) electrons. The van der Waals surface area contributed by atoms with Crippen molar-refractivity contribution in [2.24, 2.45) is 11.8 Å². The van der Waals surface area contributed by atoms with Crippen molar-refractivity contribution in [1.29, 1.82) is 0 Å². The molecule has 2 fully saturated rings. The van der Waals surface area contributed by atoms with Crippen molar-refractivity contribution in [3.63, 3.8) is 0 Å². The van der Waals surface area contributed by atoms with Crippen LogP contribution in [0.2, 0.25) is 0 Å². The zero-order chi connectivity index (χ0) is 14.8. The standard InChI is InChI=1S/C15H25N5O/c1-9-13(17-12-5-3-2-4-11(12)8-21)18-15(10-6-7-10)19-14(9)20-16/h10-12,21H,2-8,16H2,1H3,(H2,17,18,19,20). The molecule has 116 valence electrons. The van der Waals surface area contributed by atoms with Crippen LogP contribution in [0.1, 0.15) is 55.8 Å². The zero-order valence-corrected chi connectivity index (χ0v) is 12.6. The van der Waals surface area contributed by atoms with Gasteiger partial charge in [0.2, 0.25) is 0 Å². The van der Waals surface area contributed by atoms with Crippen molar-refractivity contribution in [3.8, 4) is 0 Å². The fourth-order valence-electron chi connectivity index (χ4n) is 3.13. The Kier molecular flexibility index (Phi) is 4.26. The minimum Gasteiger partial charge on any atom is -0.396 e. The van der Waals surface area contributed by atoms with Crippen molar-refractivity contribution in [1.82, 2.24) is 9.97 Å². The van der Waals surface area contributed by atoms with Gasteiger partial charge in [-0.25, -0.2) is 15.8 Å². The molecule has 0 aliphatic heterocycles. The van der Waals surface area contributed by atoms with Crippen LogP contribution in [0.5, 0.6) is 0 Å². The molecule has 0 aromatic carbocycles. The van der Waals surface area contributed by atoms with Crippen molar-refractivity contribution < 1.29 is 5.11 Å². The Labute approximate surface area is 125 Å². The summed E-state index contributed by atoms with van der Waals surface area (Å²) in [5.74, 6) is 8.83. The second-order valence-electron chi connectivity index (χ2n) is 6.30. The Hall–Kier alpha value is -1.40. The Bertz CT molecular complexity index is 503. The highest BCUT2D eigenvalue weighted by Crippen LogP contribution is 2.40. The molecule has 0 saturated heterocycles. The van der Waals surface area contributed by atoms with E-state index in [-0.39, 0.29) is 12.6 Å². The molecule has 0 spiro atoms. The van der Waals surface area contributed by atoms with Gasteiger partial charge in [0.25, 0.3) is 0 Å². The molecule has 2 atom stereocenters. The third-order valence-electron chi connectivity index (χ3n) is 4.71. The molecule has 5 N–H and O–H groups in total. The molecule has 6 heteroatoms. The van der Waals surface area contributed by atoms with Crippen LogP contribution >= 0.6 is 0 Å². The lowest BCUT2D eigenvalue weighted by molar-refractivity contribution is 0.178. The average molecular weight is 291 g/mol. The second-order valence-corrected chi connectivity index (χ2v) is 6.30. The van der Waals surface area contributed by atoms with E-state index in [0.29, 0.717) is 17.7 Å². The molecule has 1 aromatic heterocycles. The third-order valence-corrected chi connectivity index (χ3v) is 4.71. The van der Waals surface area contributed by atoms with Crippen LogP contribution in [0.4, 0.5) is 11.6 Å². The number of aromatic nitrogens is 2. The number of aliphatic hydroxyl groups excluding tert-OH is 1. The lowest BCUT2D eigenvalue weighted by Gasteiger charge is -2.32. The predicted molar refractivity (Wildman–Crippen MR) is 83.0 cm³/mol. The summed E-state index contributed by atoms with van der Waals surface area (Å²) in [7, 11) is 0. The minimum atomic E-state index is 0.235. The van der Waals surface area contributed by atoms with E-state index in [9.17, 15) is 5.11 Å². The van der Waals surface area contributed by atoms with E-state index in [0.717, 1.165) is 42.9 Å². The van der Waals surface area contributed by atoms with Crippen LogP contribution in [-0.2, 0) is 0 Å². The molecular formula is C15H25N5O. The fourth-order valence-corrected chi connectivity index (χ4v) is 3.13. The summed E-state index contributed by atoms with van der Waals surface area (Å²) in [5.41, 5.74) is 3.63. The molecule has 2 saturated carbocycles. The summed E-state index contributed by atoms with van der Waals surface area (Å²) in [6.07, 6.45) is 6.89. The summed E-state index contributed by atoms with van der Waals surface area (Å²) >= 11 is 0. The summed E-state index contributed by atoms with van der Waals surface area (Å²) in [5, 5.41) is 13.1. The predicted octanol–water partition coefficient (Wildman–Crippen LogP) is 1.91. The number of anilines is 2. The maximum atomic E-state index is 9.56. The highest BCUT2D eigenvalue weighted by Gasteiger charge is 2.30. The fraction of sp³-hybridized carbons (Fsp3) is 0.733. The Morgan fingerprint density at radius 1 is 1.14 bits per heavy atom. The van der Waals surface area contributed by atoms with E-state index in [1.807, 2.05) is 6.92 Å². The first-order valence-electron chi connectivity index (χ1n) is 7.95. The summed E-state index contributed by atoms with van der Waals surface area (Å²) < 4.78 is 0. The van der Waals surface area contributed by atoms with E-state index >= 15 is 0 Å². The van der Waals surface area contributed by atoms with E-state index < -0.39 is 0 Å². The van der Waals surface area contributed by atoms with Gasteiger partial charge in [-0.15, -0.1) is 0 Å². The smallest absolute Gasteiger partial charge is 0.148 e. The first kappa shape index (κ1) is 14.5. The van der Waals surface area contributed by atoms with Crippen LogP contribution in [0, 0.1) is 12.8 Å². The van der Waals surface area contributed by atoms with Crippen LogP contribution in [0.15, 0.2) is 0 Å². The van der Waals surface area contributed by atoms with Gasteiger partial charge in [0, 0.05) is 30.0 Å². The van der Waals surface area contributed by atoms with E-state index in [2.05, 4.69) is 15.7 Å². The van der Waals surface area contributed by atoms with Crippen molar-refractivity contribution in [3.05, 3.63) is 11.4 Å². The number of aliphatic hydroxyl groups is 1. The van der Waals surface area contributed by atoms with Gasteiger partial charge in [-0.1, -0.05) is 12.8 Å². The monoisotopic (exact) mass is 291 g/mol.